The third-order valence-corrected chi connectivity index (χ3v) is 4.38. The number of benzene rings is 2. The average Bonchev–Trinajstić information content (AvgIpc) is 2.66. The van der Waals surface area contributed by atoms with Crippen molar-refractivity contribution in [1.82, 2.24) is 10.6 Å². The van der Waals surface area contributed by atoms with Gasteiger partial charge in [0.05, 0.1) is 18.7 Å². The summed E-state index contributed by atoms with van der Waals surface area (Å²) in [5.41, 5.74) is 1.24. The number of carboxylic acid groups (broad SMARTS) is 1. The van der Waals surface area contributed by atoms with Crippen molar-refractivity contribution in [3.05, 3.63) is 65.5 Å². The van der Waals surface area contributed by atoms with Crippen molar-refractivity contribution >= 4 is 12.0 Å². The summed E-state index contributed by atoms with van der Waals surface area (Å²) in [6.45, 7) is 1.66. The molecule has 150 valence electrons. The van der Waals surface area contributed by atoms with Crippen LogP contribution >= 0.6 is 0 Å². The van der Waals surface area contributed by atoms with Crippen molar-refractivity contribution in [2.24, 2.45) is 0 Å². The van der Waals surface area contributed by atoms with Gasteiger partial charge in [-0.05, 0) is 37.5 Å². The smallest absolute Gasteiger partial charge is 0.315 e. The van der Waals surface area contributed by atoms with Gasteiger partial charge in [0.2, 0.25) is 0 Å². The Kier molecular flexibility index (Phi) is 7.80. The van der Waals surface area contributed by atoms with Crippen molar-refractivity contribution in [3.8, 4) is 5.75 Å². The molecule has 28 heavy (non-hydrogen) atoms. The molecule has 0 aliphatic heterocycles. The van der Waals surface area contributed by atoms with Gasteiger partial charge >= 0.3 is 12.0 Å². The molecule has 0 aliphatic rings. The van der Waals surface area contributed by atoms with Crippen LogP contribution in [0.4, 0.5) is 9.18 Å². The lowest BCUT2D eigenvalue weighted by Crippen LogP contribution is -2.44. The molecule has 0 fully saturated rings. The van der Waals surface area contributed by atoms with E-state index in [1.54, 1.807) is 13.0 Å². The average molecular weight is 388 g/mol. The number of carboxylic acids is 1. The summed E-state index contributed by atoms with van der Waals surface area (Å²) < 4.78 is 19.4. The number of halogens is 1. The third-order valence-electron chi connectivity index (χ3n) is 4.38. The molecule has 3 N–H and O–H groups in total. The number of hydrogen-bond donors (Lipinski definition) is 3. The largest absolute Gasteiger partial charge is 0.496 e. The summed E-state index contributed by atoms with van der Waals surface area (Å²) >= 11 is 0. The summed E-state index contributed by atoms with van der Waals surface area (Å²) in [5, 5.41) is 14.5. The first kappa shape index (κ1) is 21.2. The highest BCUT2D eigenvalue weighted by Crippen LogP contribution is 2.27. The molecule has 0 saturated heterocycles. The fraction of sp³-hybridized carbons (Fsp3) is 0.333. The minimum atomic E-state index is -0.926. The van der Waals surface area contributed by atoms with E-state index in [1.807, 2.05) is 30.3 Å². The first-order valence-corrected chi connectivity index (χ1v) is 9.05. The molecule has 0 saturated carbocycles. The number of urea groups is 1. The third kappa shape index (κ3) is 6.26. The first-order valence-electron chi connectivity index (χ1n) is 9.05. The highest BCUT2D eigenvalue weighted by Gasteiger charge is 2.20. The van der Waals surface area contributed by atoms with Gasteiger partial charge in [-0.3, -0.25) is 4.79 Å². The Morgan fingerprint density at radius 2 is 1.82 bits per heavy atom. The zero-order valence-electron chi connectivity index (χ0n) is 15.9. The molecule has 0 aliphatic carbocycles. The van der Waals surface area contributed by atoms with Crippen LogP contribution in [-0.2, 0) is 11.2 Å². The van der Waals surface area contributed by atoms with Gasteiger partial charge in [0.15, 0.2) is 0 Å². The van der Waals surface area contributed by atoms with Gasteiger partial charge in [-0.2, -0.15) is 0 Å². The van der Waals surface area contributed by atoms with Crippen molar-refractivity contribution in [1.29, 1.82) is 0 Å². The number of ether oxygens (including phenoxy) is 1. The summed E-state index contributed by atoms with van der Waals surface area (Å²) in [6, 6.07) is 12.5. The second-order valence-corrected chi connectivity index (χ2v) is 6.51. The number of aliphatic carboxylic acids is 1. The van der Waals surface area contributed by atoms with Gasteiger partial charge in [0.25, 0.3) is 0 Å². The molecule has 2 aromatic carbocycles. The number of hydrogen-bond acceptors (Lipinski definition) is 3. The van der Waals surface area contributed by atoms with Crippen LogP contribution in [-0.4, -0.2) is 30.3 Å². The Labute approximate surface area is 163 Å². The molecule has 0 bridgehead atoms. The number of carbonyl (C=O) groups excluding carboxylic acids is 1. The highest BCUT2D eigenvalue weighted by molar-refractivity contribution is 5.75. The number of amides is 2. The molecule has 2 rings (SSSR count). The topological polar surface area (TPSA) is 87.7 Å². The van der Waals surface area contributed by atoms with Crippen LogP contribution in [0.3, 0.4) is 0 Å². The van der Waals surface area contributed by atoms with Crippen molar-refractivity contribution in [3.63, 3.8) is 0 Å². The number of rotatable bonds is 9. The Bertz CT molecular complexity index is 798. The van der Waals surface area contributed by atoms with Gasteiger partial charge in [0.1, 0.15) is 11.6 Å². The van der Waals surface area contributed by atoms with Gasteiger partial charge in [-0.25, -0.2) is 9.18 Å². The molecule has 2 amide bonds. The molecule has 0 spiro atoms. The van der Waals surface area contributed by atoms with Crippen molar-refractivity contribution in [2.45, 2.75) is 38.3 Å². The molecular formula is C21H25FN2O4. The van der Waals surface area contributed by atoms with E-state index in [2.05, 4.69) is 10.6 Å². The van der Waals surface area contributed by atoms with Crippen molar-refractivity contribution in [2.75, 3.05) is 7.11 Å². The van der Waals surface area contributed by atoms with Crippen LogP contribution < -0.4 is 15.4 Å². The second kappa shape index (κ2) is 10.3. The van der Waals surface area contributed by atoms with E-state index in [9.17, 15) is 14.0 Å². The molecule has 7 heteroatoms. The lowest BCUT2D eigenvalue weighted by atomic mass is 10.0. The predicted octanol–water partition coefficient (Wildman–Crippen LogP) is 3.67. The Balaban J connectivity index is 2.05. The minimum absolute atomic E-state index is 0.0610. The van der Waals surface area contributed by atoms with Crippen molar-refractivity contribution < 1.29 is 23.8 Å². The molecule has 6 nitrogen and oxygen atoms in total. The van der Waals surface area contributed by atoms with Gasteiger partial charge in [-0.1, -0.05) is 36.4 Å². The number of carbonyl (C=O) groups is 2. The second-order valence-electron chi connectivity index (χ2n) is 6.51. The van der Waals surface area contributed by atoms with Crippen LogP contribution in [0.25, 0.3) is 0 Å². The Hall–Kier alpha value is -3.09. The van der Waals surface area contributed by atoms with E-state index < -0.39 is 23.9 Å². The normalized spacial score (nSPS) is 12.7. The fourth-order valence-corrected chi connectivity index (χ4v) is 3.03. The lowest BCUT2D eigenvalue weighted by Gasteiger charge is -2.22. The van der Waals surface area contributed by atoms with Gasteiger partial charge in [-0.15, -0.1) is 0 Å². The summed E-state index contributed by atoms with van der Waals surface area (Å²) in [5.74, 6) is -1.05. The Morgan fingerprint density at radius 1 is 1.11 bits per heavy atom. The van der Waals surface area contributed by atoms with E-state index in [0.717, 1.165) is 5.56 Å². The van der Waals surface area contributed by atoms with E-state index >= 15 is 0 Å². The first-order chi connectivity index (χ1) is 13.4. The zero-order valence-corrected chi connectivity index (χ0v) is 15.9. The molecule has 0 heterocycles. The zero-order chi connectivity index (χ0) is 20.5. The van der Waals surface area contributed by atoms with Crippen LogP contribution in [0.15, 0.2) is 48.5 Å². The molecule has 2 atom stereocenters. The standard InChI is InChI=1S/C21H25FN2O4/c1-14(20-17(22)9-6-10-18(20)28-2)23-21(27)24-16(11-12-19(25)26)13-15-7-4-3-5-8-15/h3-10,14,16H,11-13H2,1-2H3,(H,25,26)(H2,23,24,27). The van der Waals surface area contributed by atoms with Crippen LogP contribution in [0, 0.1) is 5.82 Å². The minimum Gasteiger partial charge on any atom is -0.496 e. The summed E-state index contributed by atoms with van der Waals surface area (Å²) in [4.78, 5) is 23.4. The van der Waals surface area contributed by atoms with E-state index in [1.165, 1.54) is 19.2 Å². The molecule has 0 radical (unpaired) electrons. The lowest BCUT2D eigenvalue weighted by molar-refractivity contribution is -0.137. The quantitative estimate of drug-likeness (QED) is 0.612. The SMILES string of the molecule is COc1cccc(F)c1C(C)NC(=O)NC(CCC(=O)O)Cc1ccccc1. The molecule has 0 aromatic heterocycles. The fourth-order valence-electron chi connectivity index (χ4n) is 3.03. The van der Waals surface area contributed by atoms with Gasteiger partial charge < -0.3 is 20.5 Å². The highest BCUT2D eigenvalue weighted by atomic mass is 19.1. The molecule has 2 aromatic rings. The maximum atomic E-state index is 14.2. The van der Waals surface area contributed by atoms with E-state index in [4.69, 9.17) is 9.84 Å². The predicted molar refractivity (Wildman–Crippen MR) is 104 cm³/mol. The van der Waals surface area contributed by atoms with E-state index in [0.29, 0.717) is 12.2 Å². The summed E-state index contributed by atoms with van der Waals surface area (Å²) in [6.07, 6.45) is 0.725. The summed E-state index contributed by atoms with van der Waals surface area (Å²) in [7, 11) is 1.44. The van der Waals surface area contributed by atoms with Crippen LogP contribution in [0.5, 0.6) is 5.75 Å². The van der Waals surface area contributed by atoms with Crippen LogP contribution in [0.1, 0.15) is 36.9 Å². The number of nitrogens with one attached hydrogen (secondary N) is 2. The van der Waals surface area contributed by atoms with Crippen LogP contribution in [0.2, 0.25) is 0 Å². The van der Waals surface area contributed by atoms with Gasteiger partial charge in [0, 0.05) is 12.5 Å². The monoisotopic (exact) mass is 388 g/mol. The maximum absolute atomic E-state index is 14.2. The molecular weight excluding hydrogens is 363 g/mol. The maximum Gasteiger partial charge on any atom is 0.315 e. The van der Waals surface area contributed by atoms with E-state index in [-0.39, 0.29) is 24.4 Å². The molecule has 2 unspecified atom stereocenters. The number of methoxy groups -OCH3 is 1. The Morgan fingerprint density at radius 3 is 2.46 bits per heavy atom.